The molecule has 2 heterocycles. The molecule has 134 valence electrons. The lowest BCUT2D eigenvalue weighted by Gasteiger charge is -2.26. The minimum absolute atomic E-state index is 0.264. The maximum absolute atomic E-state index is 10.3. The molecule has 0 aliphatic carbocycles. The van der Waals surface area contributed by atoms with Gasteiger partial charge in [-0.2, -0.15) is 0 Å². The van der Waals surface area contributed by atoms with E-state index in [-0.39, 0.29) is 12.2 Å². The van der Waals surface area contributed by atoms with Crippen molar-refractivity contribution in [3.63, 3.8) is 0 Å². The highest BCUT2D eigenvalue weighted by molar-refractivity contribution is 5.19. The highest BCUT2D eigenvalue weighted by atomic mass is 16.5. The van der Waals surface area contributed by atoms with Gasteiger partial charge >= 0.3 is 0 Å². The van der Waals surface area contributed by atoms with Gasteiger partial charge in [0.2, 0.25) is 0 Å². The van der Waals surface area contributed by atoms with Crippen LogP contribution in [0.3, 0.4) is 0 Å². The lowest BCUT2D eigenvalue weighted by molar-refractivity contribution is -0.0639. The summed E-state index contributed by atoms with van der Waals surface area (Å²) in [5, 5.41) is 10.3. The second-order valence-electron chi connectivity index (χ2n) is 7.14. The Hall–Kier alpha value is -0.940. The molecule has 3 rings (SSSR count). The van der Waals surface area contributed by atoms with Crippen molar-refractivity contribution in [3.8, 4) is 0 Å². The first-order valence-corrected chi connectivity index (χ1v) is 9.46. The molecule has 1 aromatic carbocycles. The zero-order chi connectivity index (χ0) is 16.6. The molecule has 0 radical (unpaired) electrons. The van der Waals surface area contributed by atoms with Crippen LogP contribution in [0.5, 0.6) is 0 Å². The molecule has 1 aromatic rings. The van der Waals surface area contributed by atoms with E-state index in [0.29, 0.717) is 12.5 Å². The van der Waals surface area contributed by atoms with E-state index >= 15 is 0 Å². The van der Waals surface area contributed by atoms with Gasteiger partial charge in [0.15, 0.2) is 0 Å². The summed E-state index contributed by atoms with van der Waals surface area (Å²) in [6.45, 7) is 4.89. The van der Waals surface area contributed by atoms with E-state index in [9.17, 15) is 5.11 Å². The molecule has 1 N–H and O–H groups in total. The number of aliphatic hydroxyl groups excluding tert-OH is 1. The molecule has 2 saturated heterocycles. The van der Waals surface area contributed by atoms with Crippen LogP contribution < -0.4 is 0 Å². The summed E-state index contributed by atoms with van der Waals surface area (Å²) in [5.41, 5.74) is 1.46. The third-order valence-electron chi connectivity index (χ3n) is 5.25. The van der Waals surface area contributed by atoms with Gasteiger partial charge in [0.05, 0.1) is 18.8 Å². The fraction of sp³-hybridized carbons (Fsp3) is 0.700. The fourth-order valence-electron chi connectivity index (χ4n) is 3.84. The molecular formula is C20H31NO3. The van der Waals surface area contributed by atoms with Gasteiger partial charge < -0.3 is 19.5 Å². The van der Waals surface area contributed by atoms with Gasteiger partial charge in [-0.05, 0) is 56.7 Å². The SMILES string of the molecule is OC(COC1CCOCC1)CN1CCCC(c2ccccc2)CC1. The van der Waals surface area contributed by atoms with E-state index in [2.05, 4.69) is 35.2 Å². The number of hydrogen-bond donors (Lipinski definition) is 1. The maximum Gasteiger partial charge on any atom is 0.0900 e. The van der Waals surface area contributed by atoms with Gasteiger partial charge in [0.25, 0.3) is 0 Å². The fourth-order valence-corrected chi connectivity index (χ4v) is 3.84. The second kappa shape index (κ2) is 9.52. The van der Waals surface area contributed by atoms with Crippen LogP contribution in [0.4, 0.5) is 0 Å². The van der Waals surface area contributed by atoms with E-state index < -0.39 is 0 Å². The van der Waals surface area contributed by atoms with Gasteiger partial charge in [0, 0.05) is 19.8 Å². The quantitative estimate of drug-likeness (QED) is 0.869. The van der Waals surface area contributed by atoms with Crippen LogP contribution in [0.1, 0.15) is 43.6 Å². The molecule has 4 nitrogen and oxygen atoms in total. The van der Waals surface area contributed by atoms with Gasteiger partial charge in [-0.15, -0.1) is 0 Å². The molecular weight excluding hydrogens is 302 g/mol. The molecule has 0 bridgehead atoms. The number of likely N-dealkylation sites (tertiary alicyclic amines) is 1. The first-order valence-electron chi connectivity index (χ1n) is 9.46. The van der Waals surface area contributed by atoms with Gasteiger partial charge in [-0.3, -0.25) is 0 Å². The van der Waals surface area contributed by atoms with E-state index in [4.69, 9.17) is 9.47 Å². The van der Waals surface area contributed by atoms with Crippen LogP contribution in [0.25, 0.3) is 0 Å². The van der Waals surface area contributed by atoms with Crippen LogP contribution >= 0.6 is 0 Å². The third kappa shape index (κ3) is 5.55. The lowest BCUT2D eigenvalue weighted by Crippen LogP contribution is -2.37. The van der Waals surface area contributed by atoms with Gasteiger partial charge in [-0.1, -0.05) is 30.3 Å². The number of hydrogen-bond acceptors (Lipinski definition) is 4. The number of nitrogens with zero attached hydrogens (tertiary/aromatic N) is 1. The van der Waals surface area contributed by atoms with E-state index in [1.807, 2.05) is 0 Å². The Morgan fingerprint density at radius 2 is 1.88 bits per heavy atom. The summed E-state index contributed by atoms with van der Waals surface area (Å²) in [4.78, 5) is 2.40. The first kappa shape index (κ1) is 17.9. The Morgan fingerprint density at radius 1 is 1.08 bits per heavy atom. The average Bonchev–Trinajstić information content (AvgIpc) is 2.87. The van der Waals surface area contributed by atoms with Crippen LogP contribution in [0.2, 0.25) is 0 Å². The molecule has 0 amide bonds. The molecule has 0 saturated carbocycles. The zero-order valence-corrected chi connectivity index (χ0v) is 14.6. The Kier molecular flexibility index (Phi) is 7.09. The molecule has 2 unspecified atom stereocenters. The number of ether oxygens (including phenoxy) is 2. The Bertz CT molecular complexity index is 461. The highest BCUT2D eigenvalue weighted by Crippen LogP contribution is 2.27. The van der Waals surface area contributed by atoms with Crippen molar-refractivity contribution >= 4 is 0 Å². The van der Waals surface area contributed by atoms with Crippen molar-refractivity contribution < 1.29 is 14.6 Å². The highest BCUT2D eigenvalue weighted by Gasteiger charge is 2.21. The Balaban J connectivity index is 1.39. The minimum Gasteiger partial charge on any atom is -0.389 e. The van der Waals surface area contributed by atoms with Crippen molar-refractivity contribution in [3.05, 3.63) is 35.9 Å². The van der Waals surface area contributed by atoms with Crippen molar-refractivity contribution in [2.75, 3.05) is 39.5 Å². The number of aliphatic hydroxyl groups is 1. The molecule has 2 fully saturated rings. The molecule has 4 heteroatoms. The van der Waals surface area contributed by atoms with E-state index in [1.165, 1.54) is 24.8 Å². The molecule has 2 atom stereocenters. The van der Waals surface area contributed by atoms with E-state index in [0.717, 1.165) is 45.7 Å². The monoisotopic (exact) mass is 333 g/mol. The lowest BCUT2D eigenvalue weighted by atomic mass is 9.92. The van der Waals surface area contributed by atoms with Crippen LogP contribution in [0.15, 0.2) is 30.3 Å². The topological polar surface area (TPSA) is 41.9 Å². The molecule has 2 aliphatic rings. The predicted molar refractivity (Wildman–Crippen MR) is 95.3 cm³/mol. The Labute approximate surface area is 145 Å². The second-order valence-corrected chi connectivity index (χ2v) is 7.14. The summed E-state index contributed by atoms with van der Waals surface area (Å²) in [5.74, 6) is 0.659. The van der Waals surface area contributed by atoms with E-state index in [1.54, 1.807) is 0 Å². The normalized spacial score (nSPS) is 25.3. The summed E-state index contributed by atoms with van der Waals surface area (Å²) in [6.07, 6.45) is 5.41. The average molecular weight is 333 g/mol. The smallest absolute Gasteiger partial charge is 0.0900 e. The van der Waals surface area contributed by atoms with Crippen molar-refractivity contribution in [1.82, 2.24) is 4.90 Å². The molecule has 2 aliphatic heterocycles. The molecule has 24 heavy (non-hydrogen) atoms. The van der Waals surface area contributed by atoms with Crippen molar-refractivity contribution in [2.45, 2.75) is 50.2 Å². The number of benzene rings is 1. The summed E-state index contributed by atoms with van der Waals surface area (Å²) < 4.78 is 11.2. The summed E-state index contributed by atoms with van der Waals surface area (Å²) in [7, 11) is 0. The summed E-state index contributed by atoms with van der Waals surface area (Å²) >= 11 is 0. The van der Waals surface area contributed by atoms with Crippen LogP contribution in [-0.4, -0.2) is 61.7 Å². The van der Waals surface area contributed by atoms with Gasteiger partial charge in [-0.25, -0.2) is 0 Å². The predicted octanol–water partition coefficient (Wildman–Crippen LogP) is 2.81. The maximum atomic E-state index is 10.3. The summed E-state index contributed by atoms with van der Waals surface area (Å²) in [6, 6.07) is 10.8. The first-order chi connectivity index (χ1) is 11.8. The zero-order valence-electron chi connectivity index (χ0n) is 14.6. The Morgan fingerprint density at radius 3 is 2.67 bits per heavy atom. The van der Waals surface area contributed by atoms with Gasteiger partial charge in [0.1, 0.15) is 0 Å². The number of rotatable bonds is 6. The third-order valence-corrected chi connectivity index (χ3v) is 5.25. The molecule has 0 aromatic heterocycles. The van der Waals surface area contributed by atoms with Crippen molar-refractivity contribution in [1.29, 1.82) is 0 Å². The van der Waals surface area contributed by atoms with Crippen LogP contribution in [-0.2, 0) is 9.47 Å². The minimum atomic E-state index is -0.388. The van der Waals surface area contributed by atoms with Crippen LogP contribution in [0, 0.1) is 0 Å². The largest absolute Gasteiger partial charge is 0.389 e. The molecule has 0 spiro atoms. The number of β-amino-alcohol motifs (C(OH)–C–C–N with tert-alkyl or cyclic N) is 1. The van der Waals surface area contributed by atoms with Crippen molar-refractivity contribution in [2.24, 2.45) is 0 Å². The standard InChI is InChI=1S/C20H31NO3/c22-19(16-24-20-9-13-23-14-10-20)15-21-11-4-7-18(8-12-21)17-5-2-1-3-6-17/h1-3,5-6,18-20,22H,4,7-16H2.